The Morgan fingerprint density at radius 3 is 0.514 bits per heavy atom. The standard InChI is InChI=1S/C12H2Cl23/c1-2(13,14)3(15,16)4(17,18)5(19,20)6(21,22)7(23,24)8(25,26)9(27,28)10(29,30)11(31,32)12(33,34)35/h1H2. The minimum atomic E-state index is -3.27. The molecule has 0 rings (SSSR count). The summed E-state index contributed by atoms with van der Waals surface area (Å²) in [4.78, 5) is 0. The van der Waals surface area contributed by atoms with Crippen molar-refractivity contribution >= 4 is 267 Å². The van der Waals surface area contributed by atoms with Gasteiger partial charge in [-0.05, 0) is 6.92 Å². The molecule has 0 saturated heterocycles. The molecule has 0 aromatic carbocycles. The van der Waals surface area contributed by atoms with Crippen LogP contribution in [0.1, 0.15) is 0 Å². The Hall–Kier alpha value is 6.67. The second kappa shape index (κ2) is 12.1. The van der Waals surface area contributed by atoms with Gasteiger partial charge < -0.3 is 0 Å². The first kappa shape index (κ1) is 41.7. The van der Waals surface area contributed by atoms with Gasteiger partial charge in [-0.3, -0.25) is 0 Å². The van der Waals surface area contributed by atoms with Crippen LogP contribution in [-0.4, -0.2) is 47.1 Å². The molecule has 35 heavy (non-hydrogen) atoms. The molecule has 0 fully saturated rings. The first-order valence-electron chi connectivity index (χ1n) is 7.20. The smallest absolute Gasteiger partial charge is 0.0982 e. The van der Waals surface area contributed by atoms with E-state index in [1.165, 1.54) is 0 Å². The highest BCUT2D eigenvalue weighted by Crippen LogP contribution is 2.75. The molecule has 1 radical (unpaired) electrons. The highest BCUT2D eigenvalue weighted by molar-refractivity contribution is 6.84. The first-order valence-corrected chi connectivity index (χ1v) is 15.9. The van der Waals surface area contributed by atoms with Gasteiger partial charge in [0.15, 0.2) is 39.0 Å². The lowest BCUT2D eigenvalue weighted by Gasteiger charge is -2.56. The van der Waals surface area contributed by atoms with E-state index in [0.29, 0.717) is 0 Å². The zero-order chi connectivity index (χ0) is 29.5. The van der Waals surface area contributed by atoms with Crippen molar-refractivity contribution in [3.8, 4) is 0 Å². The molecule has 0 aliphatic heterocycles. The van der Waals surface area contributed by atoms with E-state index in [9.17, 15) is 0 Å². The summed E-state index contributed by atoms with van der Waals surface area (Å²) >= 11 is 141. The van der Waals surface area contributed by atoms with Crippen molar-refractivity contribution in [3.63, 3.8) is 0 Å². The molecule has 0 atom stereocenters. The number of hydrogen-bond donors (Lipinski definition) is 0. The Morgan fingerprint density at radius 1 is 0.229 bits per heavy atom. The Morgan fingerprint density at radius 2 is 0.371 bits per heavy atom. The van der Waals surface area contributed by atoms with Gasteiger partial charge in [-0.15, -0.1) is 0 Å². The molecule has 211 valence electrons. The van der Waals surface area contributed by atoms with Crippen LogP contribution in [0.4, 0.5) is 0 Å². The molecule has 0 heterocycles. The van der Waals surface area contributed by atoms with Gasteiger partial charge >= 0.3 is 0 Å². The zero-order valence-corrected chi connectivity index (χ0v) is 32.3. The summed E-state index contributed by atoms with van der Waals surface area (Å²) in [7, 11) is 0. The van der Waals surface area contributed by atoms with Crippen LogP contribution in [0.3, 0.4) is 0 Å². The first-order chi connectivity index (χ1) is 14.5. The maximum absolute atomic E-state index is 6.34. The van der Waals surface area contributed by atoms with Crippen LogP contribution in [0.15, 0.2) is 0 Å². The van der Waals surface area contributed by atoms with E-state index >= 15 is 0 Å². The van der Waals surface area contributed by atoms with Crippen molar-refractivity contribution in [2.24, 2.45) is 0 Å². The topological polar surface area (TPSA) is 0 Å². The fourth-order valence-electron chi connectivity index (χ4n) is 1.79. The summed E-state index contributed by atoms with van der Waals surface area (Å²) in [6, 6.07) is 0. The summed E-state index contributed by atoms with van der Waals surface area (Å²) in [6.45, 7) is 3.27. The van der Waals surface area contributed by atoms with E-state index in [4.69, 9.17) is 267 Å². The highest BCUT2D eigenvalue weighted by Gasteiger charge is 2.84. The third-order valence-electron chi connectivity index (χ3n) is 3.97. The quantitative estimate of drug-likeness (QED) is 0.202. The highest BCUT2D eigenvalue weighted by atomic mass is 35.6. The minimum Gasteiger partial charge on any atom is -0.0982 e. The predicted molar refractivity (Wildman–Crippen MR) is 170 cm³/mol. The summed E-state index contributed by atoms with van der Waals surface area (Å²) in [6.07, 6.45) is 0. The second-order valence-electron chi connectivity index (χ2n) is 6.37. The Kier molecular flexibility index (Phi) is 14.4. The molecule has 0 spiro atoms. The van der Waals surface area contributed by atoms with Gasteiger partial charge in [0.05, 0.1) is 0 Å². The van der Waals surface area contributed by atoms with Gasteiger partial charge in [0.2, 0.25) is 8.13 Å². The van der Waals surface area contributed by atoms with Gasteiger partial charge in [0.25, 0.3) is 0 Å². The maximum Gasteiger partial charge on any atom is 0.226 e. The molecule has 0 bridgehead atoms. The zero-order valence-electron chi connectivity index (χ0n) is 14.9. The molecule has 0 nitrogen and oxygen atoms in total. The van der Waals surface area contributed by atoms with Crippen molar-refractivity contribution < 1.29 is 0 Å². The monoisotopic (exact) mass is 950 g/mol. The fraction of sp³-hybridized carbons (Fsp3) is 0.917. The maximum atomic E-state index is 6.34. The lowest BCUT2D eigenvalue weighted by molar-refractivity contribution is 0.425. The van der Waals surface area contributed by atoms with E-state index in [1.807, 2.05) is 0 Å². The molecule has 0 amide bonds. The van der Waals surface area contributed by atoms with Gasteiger partial charge in [0.1, 0.15) is 0 Å². The van der Waals surface area contributed by atoms with Crippen molar-refractivity contribution in [3.05, 3.63) is 6.92 Å². The Bertz CT molecular complexity index is 711. The second-order valence-corrected chi connectivity index (χ2v) is 22.1. The summed E-state index contributed by atoms with van der Waals surface area (Å²) in [5.41, 5.74) is 0. The predicted octanol–water partition coefficient (Wildman–Crippen LogP) is 13.9. The van der Waals surface area contributed by atoms with Crippen LogP contribution in [-0.2, 0) is 0 Å². The third-order valence-corrected chi connectivity index (χ3v) is 19.7. The van der Waals surface area contributed by atoms with Gasteiger partial charge in [-0.2, -0.15) is 0 Å². The van der Waals surface area contributed by atoms with E-state index in [2.05, 4.69) is 6.92 Å². The van der Waals surface area contributed by atoms with Crippen molar-refractivity contribution in [1.82, 2.24) is 0 Å². The molecular formula is C12H2Cl23. The summed E-state index contributed by atoms with van der Waals surface area (Å²) in [5, 5.41) is 0. The molecule has 23 heteroatoms. The molecule has 0 aromatic rings. The van der Waals surface area contributed by atoms with E-state index < -0.39 is 47.1 Å². The largest absolute Gasteiger partial charge is 0.226 e. The van der Waals surface area contributed by atoms with Crippen LogP contribution in [0.2, 0.25) is 0 Å². The molecule has 0 N–H and O–H groups in total. The molecule has 0 aromatic heterocycles. The van der Waals surface area contributed by atoms with Crippen LogP contribution >= 0.6 is 267 Å². The fourth-order valence-corrected chi connectivity index (χ4v) is 8.91. The van der Waals surface area contributed by atoms with Gasteiger partial charge in [-0.25, -0.2) is 0 Å². The van der Waals surface area contributed by atoms with Crippen molar-refractivity contribution in [2.45, 2.75) is 47.1 Å². The molecule has 0 unspecified atom stereocenters. The summed E-state index contributed by atoms with van der Waals surface area (Å²) in [5.74, 6) is 0. The Balaban J connectivity index is 7.15. The number of halogens is 23. The molecular weight excluding hydrogens is 960 g/mol. The van der Waals surface area contributed by atoms with E-state index in [-0.39, 0.29) is 0 Å². The summed E-state index contributed by atoms with van der Waals surface area (Å²) < 4.78 is -33.1. The van der Waals surface area contributed by atoms with Crippen LogP contribution < -0.4 is 0 Å². The van der Waals surface area contributed by atoms with E-state index in [1.54, 1.807) is 0 Å². The average molecular weight is 962 g/mol. The minimum absolute atomic E-state index is 2.44. The van der Waals surface area contributed by atoms with Crippen LogP contribution in [0, 0.1) is 6.92 Å². The van der Waals surface area contributed by atoms with Gasteiger partial charge in [-0.1, -0.05) is 267 Å². The SMILES string of the molecule is [CH2]C(Cl)(Cl)C(Cl)(Cl)C(Cl)(Cl)C(Cl)(Cl)C(Cl)(Cl)C(Cl)(Cl)C(Cl)(Cl)C(Cl)(Cl)C(Cl)(Cl)C(Cl)(Cl)C(Cl)(Cl)Cl. The number of alkyl halides is 23. The van der Waals surface area contributed by atoms with Crippen molar-refractivity contribution in [1.29, 1.82) is 0 Å². The molecule has 0 aliphatic carbocycles. The normalized spacial score (nSPS) is 17.1. The lowest BCUT2D eigenvalue weighted by atomic mass is 9.99. The molecule has 0 saturated carbocycles. The lowest BCUT2D eigenvalue weighted by Crippen LogP contribution is -2.73. The van der Waals surface area contributed by atoms with Crippen LogP contribution in [0.25, 0.3) is 0 Å². The Labute approximate surface area is 316 Å². The van der Waals surface area contributed by atoms with Crippen LogP contribution in [0.5, 0.6) is 0 Å². The van der Waals surface area contributed by atoms with E-state index in [0.717, 1.165) is 0 Å². The van der Waals surface area contributed by atoms with Crippen molar-refractivity contribution in [2.75, 3.05) is 0 Å². The molecule has 0 aliphatic rings. The number of rotatable bonds is 9. The van der Waals surface area contributed by atoms with Gasteiger partial charge in [0, 0.05) is 0 Å². The average Bonchev–Trinajstić information content (AvgIpc) is 2.58. The number of hydrogen-bond acceptors (Lipinski definition) is 0. The third kappa shape index (κ3) is 6.51.